The van der Waals surface area contributed by atoms with Crippen molar-refractivity contribution in [2.75, 3.05) is 19.7 Å². The molecule has 48 heavy (non-hydrogen) atoms. The summed E-state index contributed by atoms with van der Waals surface area (Å²) < 4.78 is 21.2. The van der Waals surface area contributed by atoms with Crippen LogP contribution >= 0.6 is 8.53 Å². The Balaban J connectivity index is 1.31. The number of aryl methyl sites for hydroxylation is 1. The van der Waals surface area contributed by atoms with Gasteiger partial charge >= 0.3 is 11.8 Å². The summed E-state index contributed by atoms with van der Waals surface area (Å²) in [6, 6.07) is 18.3. The number of benzene rings is 2. The zero-order chi connectivity index (χ0) is 34.5. The van der Waals surface area contributed by atoms with E-state index >= 15 is 0 Å². The van der Waals surface area contributed by atoms with Gasteiger partial charge in [-0.05, 0) is 56.9 Å². The molecule has 4 atom stereocenters. The second kappa shape index (κ2) is 15.6. The number of nitrogens with zero attached hydrogens (tertiary/aromatic N) is 4. The number of nitriles is 1. The molecule has 1 saturated heterocycles. The normalized spacial score (nSPS) is 19.5. The first-order valence-electron chi connectivity index (χ1n) is 16.1. The van der Waals surface area contributed by atoms with Crippen LogP contribution in [0, 0.1) is 18.3 Å². The zero-order valence-corrected chi connectivity index (χ0v) is 28.7. The van der Waals surface area contributed by atoms with Crippen LogP contribution in [-0.2, 0) is 14.0 Å². The van der Waals surface area contributed by atoms with Gasteiger partial charge in [-0.25, -0.2) is 14.6 Å². The van der Waals surface area contributed by atoms with Gasteiger partial charge in [-0.2, -0.15) is 10.0 Å². The third-order valence-corrected chi connectivity index (χ3v) is 9.86. The Bertz CT molecular complexity index is 1700. The highest BCUT2D eigenvalue weighted by molar-refractivity contribution is 7.43. The number of carbonyl (C=O) groups is 1. The second-order valence-electron chi connectivity index (χ2n) is 12.5. The predicted molar refractivity (Wildman–Crippen MR) is 181 cm³/mol. The molecule has 3 aromatic rings. The highest BCUT2D eigenvalue weighted by atomic mass is 31.2. The third-order valence-electron chi connectivity index (χ3n) is 8.60. The SMILES string of the molecule is Cc1cn([C@H]2C[C@H](OP(O)N(CCC#N)N(C(C)C)C(C)C)[C@@H](CNC(=O)OCC3c4ccccc4-c4ccccc43)O2)c(=O)[nH]c1=O. The van der Waals surface area contributed by atoms with Crippen molar-refractivity contribution in [2.24, 2.45) is 0 Å². The largest absolute Gasteiger partial charge is 0.449 e. The lowest BCUT2D eigenvalue weighted by atomic mass is 9.98. The molecule has 2 aromatic carbocycles. The van der Waals surface area contributed by atoms with Gasteiger partial charge in [0.15, 0.2) is 0 Å². The minimum Gasteiger partial charge on any atom is -0.449 e. The van der Waals surface area contributed by atoms with E-state index in [9.17, 15) is 24.5 Å². The molecule has 1 aliphatic carbocycles. The summed E-state index contributed by atoms with van der Waals surface area (Å²) >= 11 is 0. The Morgan fingerprint density at radius 2 is 1.75 bits per heavy atom. The van der Waals surface area contributed by atoms with E-state index in [0.29, 0.717) is 5.56 Å². The lowest BCUT2D eigenvalue weighted by molar-refractivity contribution is -0.0354. The van der Waals surface area contributed by atoms with Crippen LogP contribution in [0.25, 0.3) is 11.1 Å². The summed E-state index contributed by atoms with van der Waals surface area (Å²) in [7, 11) is -2.25. The molecule has 0 bridgehead atoms. The number of hydrazine groups is 1. The molecule has 1 fully saturated rings. The van der Waals surface area contributed by atoms with Crippen LogP contribution < -0.4 is 16.6 Å². The van der Waals surface area contributed by atoms with Crippen LogP contribution in [0.15, 0.2) is 64.3 Å². The Hall–Kier alpha value is -3.89. The standard InChI is InChI=1S/C34H43N6O7P/c1-21(2)40(22(3)4)39(16-10-15-35)48(44)47-29-17-31(38-19-23(5)32(41)37-33(38)42)46-30(29)18-36-34(43)45-20-28-26-13-8-6-11-24(26)25-12-7-9-14-27(25)28/h6-9,11-14,19,21-22,28-31,44H,10,16-18,20H2,1-5H3,(H,36,43)(H,37,41,42)/t29-,30+,31+,48?/m0/s1. The van der Waals surface area contributed by atoms with E-state index in [0.717, 1.165) is 22.3 Å². The average molecular weight is 679 g/mol. The quantitative estimate of drug-likeness (QED) is 0.173. The summed E-state index contributed by atoms with van der Waals surface area (Å²) in [5, 5.41) is 14.0. The fraction of sp³-hybridized carbons (Fsp3) is 0.471. The lowest BCUT2D eigenvalue weighted by Gasteiger charge is -2.42. The molecule has 13 nitrogen and oxygen atoms in total. The number of rotatable bonds is 13. The molecule has 0 spiro atoms. The molecule has 256 valence electrons. The number of H-pyrrole nitrogens is 1. The number of hydrogen-bond donors (Lipinski definition) is 3. The maximum Gasteiger partial charge on any atom is 0.407 e. The fourth-order valence-corrected chi connectivity index (χ4v) is 7.98. The maximum absolute atomic E-state index is 13.0. The number of aromatic amines is 1. The summed E-state index contributed by atoms with van der Waals surface area (Å²) in [5.41, 5.74) is 3.62. The van der Waals surface area contributed by atoms with Gasteiger partial charge in [0.25, 0.3) is 14.1 Å². The van der Waals surface area contributed by atoms with Crippen molar-refractivity contribution in [3.63, 3.8) is 0 Å². The number of hydrogen-bond acceptors (Lipinski definition) is 10. The average Bonchev–Trinajstić information content (AvgIpc) is 3.60. The molecule has 14 heteroatoms. The van der Waals surface area contributed by atoms with Crippen LogP contribution in [0.4, 0.5) is 4.79 Å². The number of alkyl carbamates (subject to hydrolysis) is 1. The van der Waals surface area contributed by atoms with Gasteiger partial charge < -0.3 is 24.2 Å². The molecule has 1 aliphatic heterocycles. The molecule has 2 heterocycles. The Labute approximate surface area is 281 Å². The predicted octanol–water partition coefficient (Wildman–Crippen LogP) is 4.53. The summed E-state index contributed by atoms with van der Waals surface area (Å²) in [6.07, 6.45) is -1.29. The van der Waals surface area contributed by atoms with E-state index in [2.05, 4.69) is 28.5 Å². The van der Waals surface area contributed by atoms with Gasteiger partial charge in [-0.1, -0.05) is 48.5 Å². The van der Waals surface area contributed by atoms with Crippen LogP contribution in [0.3, 0.4) is 0 Å². The molecule has 1 amide bonds. The van der Waals surface area contributed by atoms with Gasteiger partial charge in [-0.3, -0.25) is 14.3 Å². The first-order valence-corrected chi connectivity index (χ1v) is 17.3. The van der Waals surface area contributed by atoms with E-state index < -0.39 is 44.3 Å². The van der Waals surface area contributed by atoms with Crippen molar-refractivity contribution < 1.29 is 23.7 Å². The maximum atomic E-state index is 13.0. The molecule has 0 radical (unpaired) electrons. The molecular formula is C34H43N6O7P. The molecule has 5 rings (SSSR count). The van der Waals surface area contributed by atoms with Gasteiger partial charge in [0.05, 0.1) is 12.2 Å². The van der Waals surface area contributed by atoms with Crippen LogP contribution in [0.1, 0.15) is 69.4 Å². The summed E-state index contributed by atoms with van der Waals surface area (Å²) in [5.74, 6) is -0.108. The van der Waals surface area contributed by atoms with E-state index in [1.54, 1.807) is 11.7 Å². The molecule has 1 aromatic heterocycles. The van der Waals surface area contributed by atoms with Crippen LogP contribution in [-0.4, -0.2) is 74.3 Å². The van der Waals surface area contributed by atoms with Gasteiger partial charge in [0.2, 0.25) is 0 Å². The monoisotopic (exact) mass is 678 g/mol. The van der Waals surface area contributed by atoms with E-state index in [4.69, 9.17) is 14.0 Å². The Kier molecular flexibility index (Phi) is 11.5. The van der Waals surface area contributed by atoms with Crippen molar-refractivity contribution in [2.45, 2.75) is 83.9 Å². The third kappa shape index (κ3) is 7.70. The van der Waals surface area contributed by atoms with Crippen molar-refractivity contribution >= 4 is 14.6 Å². The topological polar surface area (TPSA) is 162 Å². The van der Waals surface area contributed by atoms with Gasteiger partial charge in [0.1, 0.15) is 18.9 Å². The Morgan fingerprint density at radius 1 is 1.12 bits per heavy atom. The van der Waals surface area contributed by atoms with Crippen LogP contribution in [0.2, 0.25) is 0 Å². The minimum atomic E-state index is -2.25. The van der Waals surface area contributed by atoms with E-state index in [1.165, 1.54) is 10.8 Å². The lowest BCUT2D eigenvalue weighted by Crippen LogP contribution is -2.49. The zero-order valence-electron chi connectivity index (χ0n) is 27.8. The molecule has 3 N–H and O–H groups in total. The van der Waals surface area contributed by atoms with Gasteiger partial charge in [0, 0.05) is 55.7 Å². The van der Waals surface area contributed by atoms with E-state index in [-0.39, 0.29) is 50.5 Å². The highest BCUT2D eigenvalue weighted by Crippen LogP contribution is 2.46. The number of fused-ring (bicyclic) bond motifs is 3. The minimum absolute atomic E-state index is 0.00532. The second-order valence-corrected chi connectivity index (χ2v) is 13.7. The van der Waals surface area contributed by atoms with Gasteiger partial charge in [-0.15, -0.1) is 0 Å². The van der Waals surface area contributed by atoms with Crippen LogP contribution in [0.5, 0.6) is 0 Å². The summed E-state index contributed by atoms with van der Waals surface area (Å²) in [6.45, 7) is 9.89. The number of amides is 1. The van der Waals surface area contributed by atoms with Crippen molar-refractivity contribution in [1.82, 2.24) is 24.7 Å². The van der Waals surface area contributed by atoms with E-state index in [1.807, 2.05) is 69.1 Å². The number of carbonyl (C=O) groups excluding carboxylic acids is 1. The molecule has 0 saturated carbocycles. The molecule has 2 aliphatic rings. The van der Waals surface area contributed by atoms with Crippen molar-refractivity contribution in [1.29, 1.82) is 5.26 Å². The number of nitrogens with one attached hydrogen (secondary N) is 2. The van der Waals surface area contributed by atoms with Crippen molar-refractivity contribution in [3.05, 3.63) is 92.3 Å². The highest BCUT2D eigenvalue weighted by Gasteiger charge is 2.41. The molecule has 1 unspecified atom stereocenters. The smallest absolute Gasteiger partial charge is 0.407 e. The Morgan fingerprint density at radius 3 is 2.35 bits per heavy atom. The fourth-order valence-electron chi connectivity index (χ4n) is 6.54. The number of aromatic nitrogens is 2. The first kappa shape index (κ1) is 35.4. The molecular weight excluding hydrogens is 635 g/mol. The summed E-state index contributed by atoms with van der Waals surface area (Å²) in [4.78, 5) is 51.6. The number of ether oxygens (including phenoxy) is 2. The first-order chi connectivity index (χ1) is 23.0. The van der Waals surface area contributed by atoms with Crippen molar-refractivity contribution in [3.8, 4) is 17.2 Å².